The van der Waals surface area contributed by atoms with Crippen molar-refractivity contribution in [3.05, 3.63) is 164 Å². The molecule has 0 aliphatic heterocycles. The van der Waals surface area contributed by atoms with Crippen molar-refractivity contribution in [3.63, 3.8) is 0 Å². The normalized spacial score (nSPS) is 12.5. The number of hydrogen-bond acceptors (Lipinski definition) is 1. The summed E-state index contributed by atoms with van der Waals surface area (Å²) in [7, 11) is 0. The van der Waals surface area contributed by atoms with Gasteiger partial charge in [-0.2, -0.15) is 0 Å². The van der Waals surface area contributed by atoms with Gasteiger partial charge in [0.05, 0.1) is 0 Å². The van der Waals surface area contributed by atoms with Gasteiger partial charge in [-0.1, -0.05) is 0 Å². The van der Waals surface area contributed by atoms with Crippen LogP contribution in [0.2, 0.25) is 0 Å². The first kappa shape index (κ1) is 22.3. The predicted octanol–water partition coefficient (Wildman–Crippen LogP) is 6.99. The van der Waals surface area contributed by atoms with Crippen molar-refractivity contribution in [1.29, 1.82) is 0 Å². The van der Waals surface area contributed by atoms with Crippen molar-refractivity contribution in [2.75, 3.05) is 0 Å². The summed E-state index contributed by atoms with van der Waals surface area (Å²) in [6.07, 6.45) is 0. The average Bonchev–Trinajstić information content (AvgIpc) is 2.98. The minimum atomic E-state index is -3.79. The molecule has 0 radical (unpaired) electrons. The molecule has 0 bridgehead atoms. The van der Waals surface area contributed by atoms with E-state index in [0.717, 1.165) is 5.75 Å². The van der Waals surface area contributed by atoms with Crippen molar-refractivity contribution in [3.8, 4) is 5.75 Å². The first-order chi connectivity index (χ1) is 17.8. The van der Waals surface area contributed by atoms with Crippen molar-refractivity contribution in [2.24, 2.45) is 0 Å². The second kappa shape index (κ2) is 9.11. The van der Waals surface area contributed by atoms with Gasteiger partial charge >= 0.3 is 213 Å². The van der Waals surface area contributed by atoms with Gasteiger partial charge in [0.25, 0.3) is 0 Å². The topological polar surface area (TPSA) is 9.23 Å². The molecule has 6 aromatic rings. The van der Waals surface area contributed by atoms with Crippen molar-refractivity contribution in [1.82, 2.24) is 0 Å². The summed E-state index contributed by atoms with van der Waals surface area (Å²) in [6, 6.07) is 58.0. The Balaban J connectivity index is 1.92. The third-order valence-corrected chi connectivity index (χ3v) is 12.7. The Kier molecular flexibility index (Phi) is 5.64. The molecule has 0 saturated heterocycles. The van der Waals surface area contributed by atoms with Gasteiger partial charge in [0.15, 0.2) is 0 Å². The summed E-state index contributed by atoms with van der Waals surface area (Å²) in [5, 5.41) is 7.10. The van der Waals surface area contributed by atoms with Crippen LogP contribution in [0.3, 0.4) is 0 Å². The standard InChI is InChI=1S/C34H27OP/c1-5-18-29(19-6-1)35-36(30-20-7-2-8-21-30,31-22-9-3-10-23-31,32-24-11-4-12-25-32)34-27-15-17-28-16-13-14-26-33(28)34/h1-27H. The SMILES string of the molecule is c1ccc(OP(c2ccccc2)(c2ccccc2)(c2ccccc2)c2cccc3ccccc23)cc1. The Morgan fingerprint density at radius 2 is 0.778 bits per heavy atom. The van der Waals surface area contributed by atoms with E-state index in [-0.39, 0.29) is 0 Å². The molecule has 0 atom stereocenters. The monoisotopic (exact) mass is 482 g/mol. The van der Waals surface area contributed by atoms with Gasteiger partial charge in [0, 0.05) is 0 Å². The molecule has 0 spiro atoms. The van der Waals surface area contributed by atoms with Crippen LogP contribution in [0, 0.1) is 0 Å². The van der Waals surface area contributed by atoms with Crippen LogP contribution in [0.4, 0.5) is 0 Å². The van der Waals surface area contributed by atoms with Gasteiger partial charge in [-0.25, -0.2) is 0 Å². The Labute approximate surface area is 212 Å². The Bertz CT molecular complexity index is 1490. The zero-order valence-electron chi connectivity index (χ0n) is 19.9. The Morgan fingerprint density at radius 1 is 0.361 bits per heavy atom. The van der Waals surface area contributed by atoms with Gasteiger partial charge in [-0.3, -0.25) is 0 Å². The van der Waals surface area contributed by atoms with E-state index in [2.05, 4.69) is 146 Å². The van der Waals surface area contributed by atoms with E-state index in [0.29, 0.717) is 0 Å². The van der Waals surface area contributed by atoms with E-state index in [1.807, 2.05) is 18.2 Å². The molecule has 6 aromatic carbocycles. The molecule has 0 amide bonds. The van der Waals surface area contributed by atoms with Crippen LogP contribution in [0.15, 0.2) is 164 Å². The Hall–Kier alpha value is -4.19. The Morgan fingerprint density at radius 3 is 1.31 bits per heavy atom. The fourth-order valence-electron chi connectivity index (χ4n) is 5.48. The van der Waals surface area contributed by atoms with Crippen LogP contribution >= 0.6 is 6.83 Å². The zero-order valence-corrected chi connectivity index (χ0v) is 20.8. The van der Waals surface area contributed by atoms with Gasteiger partial charge in [-0.15, -0.1) is 0 Å². The number of benzene rings is 6. The summed E-state index contributed by atoms with van der Waals surface area (Å²) in [5.41, 5.74) is 0. The summed E-state index contributed by atoms with van der Waals surface area (Å²) in [4.78, 5) is 0. The van der Waals surface area contributed by atoms with Crippen LogP contribution in [0.1, 0.15) is 0 Å². The summed E-state index contributed by atoms with van der Waals surface area (Å²) < 4.78 is 7.67. The van der Waals surface area contributed by atoms with E-state index in [1.54, 1.807) is 0 Å². The maximum atomic E-state index is 7.67. The summed E-state index contributed by atoms with van der Waals surface area (Å²) in [5.74, 6) is 0.847. The molecular weight excluding hydrogens is 455 g/mol. The molecule has 6 rings (SSSR count). The predicted molar refractivity (Wildman–Crippen MR) is 156 cm³/mol. The quantitative estimate of drug-likeness (QED) is 0.233. The van der Waals surface area contributed by atoms with Crippen LogP contribution < -0.4 is 25.7 Å². The molecule has 1 nitrogen and oxygen atoms in total. The molecule has 0 aliphatic carbocycles. The minimum absolute atomic E-state index is 0.847. The first-order valence-electron chi connectivity index (χ1n) is 12.2. The molecule has 36 heavy (non-hydrogen) atoms. The summed E-state index contributed by atoms with van der Waals surface area (Å²) in [6.45, 7) is -3.79. The zero-order chi connectivity index (χ0) is 24.3. The fourth-order valence-corrected chi connectivity index (χ4v) is 11.4. The number of rotatable bonds is 6. The molecule has 0 unspecified atom stereocenters. The van der Waals surface area contributed by atoms with Crippen molar-refractivity contribution >= 4 is 38.8 Å². The summed E-state index contributed by atoms with van der Waals surface area (Å²) >= 11 is 0. The van der Waals surface area contributed by atoms with Crippen molar-refractivity contribution < 1.29 is 4.52 Å². The molecule has 0 aromatic heterocycles. The van der Waals surface area contributed by atoms with E-state index in [1.165, 1.54) is 32.0 Å². The molecule has 0 aliphatic rings. The van der Waals surface area contributed by atoms with E-state index >= 15 is 0 Å². The molecule has 0 heterocycles. The third-order valence-electron chi connectivity index (χ3n) is 7.00. The molecule has 0 N–H and O–H groups in total. The maximum absolute atomic E-state index is 7.67. The molecule has 2 heteroatoms. The van der Waals surface area contributed by atoms with E-state index in [4.69, 9.17) is 4.52 Å². The van der Waals surface area contributed by atoms with Crippen LogP contribution in [0.25, 0.3) is 10.8 Å². The first-order valence-corrected chi connectivity index (χ1v) is 14.4. The van der Waals surface area contributed by atoms with Crippen LogP contribution in [-0.2, 0) is 0 Å². The van der Waals surface area contributed by atoms with E-state index < -0.39 is 6.83 Å². The van der Waals surface area contributed by atoms with Gasteiger partial charge in [0.1, 0.15) is 0 Å². The van der Waals surface area contributed by atoms with Crippen LogP contribution in [-0.4, -0.2) is 0 Å². The van der Waals surface area contributed by atoms with Gasteiger partial charge in [0.2, 0.25) is 0 Å². The third kappa shape index (κ3) is 3.28. The van der Waals surface area contributed by atoms with Gasteiger partial charge in [-0.05, 0) is 0 Å². The van der Waals surface area contributed by atoms with E-state index in [9.17, 15) is 0 Å². The van der Waals surface area contributed by atoms with Crippen LogP contribution in [0.5, 0.6) is 5.75 Å². The second-order valence-electron chi connectivity index (χ2n) is 8.95. The molecule has 0 fully saturated rings. The number of fused-ring (bicyclic) bond motifs is 1. The number of hydrogen-bond donors (Lipinski definition) is 0. The molecule has 0 saturated carbocycles. The molecular formula is C34H27OP. The molecule has 174 valence electrons. The van der Waals surface area contributed by atoms with Crippen molar-refractivity contribution in [2.45, 2.75) is 0 Å². The fraction of sp³-hybridized carbons (Fsp3) is 0. The number of para-hydroxylation sites is 1. The second-order valence-corrected chi connectivity index (χ2v) is 13.2. The van der Waals surface area contributed by atoms with Gasteiger partial charge < -0.3 is 0 Å². The average molecular weight is 483 g/mol.